The average molecular weight is 358 g/mol. The van der Waals surface area contributed by atoms with Crippen LogP contribution in [0.2, 0.25) is 0 Å². The number of halogens is 2. The maximum absolute atomic E-state index is 12.1. The summed E-state index contributed by atoms with van der Waals surface area (Å²) < 4.78 is 38.9. The smallest absolute Gasteiger partial charge is 0.387 e. The lowest BCUT2D eigenvalue weighted by Crippen LogP contribution is -2.08. The van der Waals surface area contributed by atoms with E-state index in [1.165, 1.54) is 24.3 Å². The van der Waals surface area contributed by atoms with Gasteiger partial charge in [0.2, 0.25) is 5.89 Å². The summed E-state index contributed by atoms with van der Waals surface area (Å²) in [6, 6.07) is 5.81. The molecule has 0 atom stereocenters. The average Bonchev–Trinajstić information content (AvgIpc) is 3.02. The Morgan fingerprint density at radius 2 is 2.04 bits per heavy atom. The standard InChI is InChI=1S/C15H16F2N2O4S/c1-2-3-8-21-12(20)9-24-15-19-18-13(23-15)10-4-6-11(7-5-10)22-14(16)17/h4-7,14H,2-3,8-9H2,1H3. The molecule has 0 bridgehead atoms. The largest absolute Gasteiger partial charge is 0.465 e. The van der Waals surface area contributed by atoms with Crippen molar-refractivity contribution in [1.29, 1.82) is 0 Å². The van der Waals surface area contributed by atoms with Gasteiger partial charge in [-0.25, -0.2) is 0 Å². The molecule has 0 N–H and O–H groups in total. The van der Waals surface area contributed by atoms with Crippen LogP contribution in [0.3, 0.4) is 0 Å². The zero-order valence-corrected chi connectivity index (χ0v) is 13.7. The SMILES string of the molecule is CCCCOC(=O)CSc1nnc(-c2ccc(OC(F)F)cc2)o1. The van der Waals surface area contributed by atoms with Gasteiger partial charge in [-0.3, -0.25) is 4.79 Å². The van der Waals surface area contributed by atoms with Gasteiger partial charge in [0.15, 0.2) is 0 Å². The lowest BCUT2D eigenvalue weighted by atomic mass is 10.2. The minimum Gasteiger partial charge on any atom is -0.465 e. The van der Waals surface area contributed by atoms with E-state index in [1.807, 2.05) is 6.92 Å². The van der Waals surface area contributed by atoms with E-state index in [4.69, 9.17) is 9.15 Å². The molecule has 0 radical (unpaired) electrons. The summed E-state index contributed by atoms with van der Waals surface area (Å²) in [6.07, 6.45) is 1.78. The quantitative estimate of drug-likeness (QED) is 0.384. The Morgan fingerprint density at radius 3 is 2.71 bits per heavy atom. The van der Waals surface area contributed by atoms with E-state index in [0.717, 1.165) is 24.6 Å². The Hall–Kier alpha value is -2.16. The van der Waals surface area contributed by atoms with E-state index in [-0.39, 0.29) is 28.6 Å². The number of carbonyl (C=O) groups is 1. The summed E-state index contributed by atoms with van der Waals surface area (Å²) in [4.78, 5) is 11.5. The number of alkyl halides is 2. The van der Waals surface area contributed by atoms with E-state index in [1.54, 1.807) is 0 Å². The molecule has 0 saturated heterocycles. The highest BCUT2D eigenvalue weighted by molar-refractivity contribution is 7.99. The third-order valence-corrected chi connectivity index (χ3v) is 3.60. The van der Waals surface area contributed by atoms with Crippen LogP contribution in [-0.4, -0.2) is 35.1 Å². The van der Waals surface area contributed by atoms with Crippen LogP contribution < -0.4 is 4.74 Å². The number of benzene rings is 1. The fourth-order valence-corrected chi connectivity index (χ4v) is 2.22. The molecule has 2 aromatic rings. The molecule has 0 aliphatic heterocycles. The number of carbonyl (C=O) groups excluding carboxylic acids is 1. The van der Waals surface area contributed by atoms with Crippen molar-refractivity contribution < 1.29 is 27.5 Å². The number of ether oxygens (including phenoxy) is 2. The van der Waals surface area contributed by atoms with Crippen molar-refractivity contribution in [1.82, 2.24) is 10.2 Å². The van der Waals surface area contributed by atoms with E-state index in [0.29, 0.717) is 12.2 Å². The van der Waals surface area contributed by atoms with Gasteiger partial charge >= 0.3 is 12.6 Å². The number of thioether (sulfide) groups is 1. The predicted octanol–water partition coefficient (Wildman–Crippen LogP) is 3.77. The lowest BCUT2D eigenvalue weighted by molar-refractivity contribution is -0.140. The molecule has 0 saturated carbocycles. The Bertz CT molecular complexity index is 649. The van der Waals surface area contributed by atoms with Gasteiger partial charge in [0.05, 0.1) is 6.61 Å². The second kappa shape index (κ2) is 9.21. The van der Waals surface area contributed by atoms with E-state index in [9.17, 15) is 13.6 Å². The van der Waals surface area contributed by atoms with Crippen LogP contribution >= 0.6 is 11.8 Å². The van der Waals surface area contributed by atoms with Crippen LogP contribution in [-0.2, 0) is 9.53 Å². The third-order valence-electron chi connectivity index (χ3n) is 2.81. The molecule has 2 rings (SSSR count). The number of nitrogens with zero attached hydrogens (tertiary/aromatic N) is 2. The summed E-state index contributed by atoms with van der Waals surface area (Å²) >= 11 is 1.07. The van der Waals surface area contributed by atoms with Gasteiger partial charge in [0.25, 0.3) is 5.22 Å². The summed E-state index contributed by atoms with van der Waals surface area (Å²) in [7, 11) is 0. The Morgan fingerprint density at radius 1 is 1.29 bits per heavy atom. The van der Waals surface area contributed by atoms with Crippen molar-refractivity contribution in [2.75, 3.05) is 12.4 Å². The van der Waals surface area contributed by atoms with Crippen molar-refractivity contribution >= 4 is 17.7 Å². The molecule has 9 heteroatoms. The highest BCUT2D eigenvalue weighted by atomic mass is 32.2. The van der Waals surface area contributed by atoms with Gasteiger partial charge in [0, 0.05) is 5.56 Å². The van der Waals surface area contributed by atoms with Crippen molar-refractivity contribution in [3.05, 3.63) is 24.3 Å². The van der Waals surface area contributed by atoms with Crippen LogP contribution in [0.1, 0.15) is 19.8 Å². The first kappa shape index (κ1) is 18.2. The summed E-state index contributed by atoms with van der Waals surface area (Å²) in [6.45, 7) is -0.466. The predicted molar refractivity (Wildman–Crippen MR) is 83.0 cm³/mol. The first-order chi connectivity index (χ1) is 11.6. The molecule has 24 heavy (non-hydrogen) atoms. The number of rotatable bonds is 9. The van der Waals surface area contributed by atoms with Crippen molar-refractivity contribution in [2.45, 2.75) is 31.6 Å². The zero-order valence-electron chi connectivity index (χ0n) is 12.9. The molecule has 0 amide bonds. The first-order valence-electron chi connectivity index (χ1n) is 7.25. The van der Waals surface area contributed by atoms with Crippen molar-refractivity contribution in [3.8, 4) is 17.2 Å². The minimum absolute atomic E-state index is 0.0395. The van der Waals surface area contributed by atoms with E-state index >= 15 is 0 Å². The van der Waals surface area contributed by atoms with Gasteiger partial charge in [-0.05, 0) is 30.7 Å². The second-order valence-electron chi connectivity index (χ2n) is 4.64. The lowest BCUT2D eigenvalue weighted by Gasteiger charge is -2.03. The molecule has 1 aromatic carbocycles. The van der Waals surface area contributed by atoms with E-state index in [2.05, 4.69) is 14.9 Å². The van der Waals surface area contributed by atoms with Crippen LogP contribution in [0.4, 0.5) is 8.78 Å². The molecule has 0 spiro atoms. The molecular weight excluding hydrogens is 342 g/mol. The number of unbranched alkanes of at least 4 members (excludes halogenated alkanes) is 1. The summed E-state index contributed by atoms with van der Waals surface area (Å²) in [5, 5.41) is 7.90. The molecule has 130 valence electrons. The van der Waals surface area contributed by atoms with E-state index < -0.39 is 6.61 Å². The van der Waals surface area contributed by atoms with Crippen LogP contribution in [0.25, 0.3) is 11.5 Å². The highest BCUT2D eigenvalue weighted by Crippen LogP contribution is 2.25. The molecule has 0 aliphatic rings. The van der Waals surface area contributed by atoms with Gasteiger partial charge in [0.1, 0.15) is 11.5 Å². The number of aromatic nitrogens is 2. The molecule has 0 unspecified atom stereocenters. The fraction of sp³-hybridized carbons (Fsp3) is 0.400. The first-order valence-corrected chi connectivity index (χ1v) is 8.24. The minimum atomic E-state index is -2.88. The van der Waals surface area contributed by atoms with Crippen LogP contribution in [0, 0.1) is 0 Å². The Kier molecular flexibility index (Phi) is 6.98. The monoisotopic (exact) mass is 358 g/mol. The molecule has 1 heterocycles. The Labute approximate surface area is 141 Å². The van der Waals surface area contributed by atoms with Gasteiger partial charge in [-0.15, -0.1) is 10.2 Å². The van der Waals surface area contributed by atoms with Gasteiger partial charge in [-0.2, -0.15) is 8.78 Å². The number of hydrogen-bond acceptors (Lipinski definition) is 7. The number of esters is 1. The normalized spacial score (nSPS) is 10.8. The molecule has 0 fully saturated rings. The topological polar surface area (TPSA) is 74.5 Å². The second-order valence-corrected chi connectivity index (χ2v) is 5.57. The van der Waals surface area contributed by atoms with Crippen LogP contribution in [0.15, 0.2) is 33.9 Å². The number of hydrogen-bond donors (Lipinski definition) is 0. The highest BCUT2D eigenvalue weighted by Gasteiger charge is 2.12. The van der Waals surface area contributed by atoms with Gasteiger partial charge < -0.3 is 13.9 Å². The van der Waals surface area contributed by atoms with Crippen molar-refractivity contribution in [3.63, 3.8) is 0 Å². The molecular formula is C15H16F2N2O4S. The van der Waals surface area contributed by atoms with Crippen molar-refractivity contribution in [2.24, 2.45) is 0 Å². The maximum Gasteiger partial charge on any atom is 0.387 e. The molecule has 1 aromatic heterocycles. The van der Waals surface area contributed by atoms with Gasteiger partial charge in [-0.1, -0.05) is 25.1 Å². The third kappa shape index (κ3) is 5.80. The molecule has 0 aliphatic carbocycles. The van der Waals surface area contributed by atoms with Crippen LogP contribution in [0.5, 0.6) is 5.75 Å². The zero-order chi connectivity index (χ0) is 17.4. The summed E-state index contributed by atoms with van der Waals surface area (Å²) in [5.74, 6) is -0.00758. The fourth-order valence-electron chi connectivity index (χ4n) is 1.66. The Balaban J connectivity index is 1.87. The summed E-state index contributed by atoms with van der Waals surface area (Å²) in [5.41, 5.74) is 0.557. The molecule has 6 nitrogen and oxygen atoms in total. The maximum atomic E-state index is 12.1.